The summed E-state index contributed by atoms with van der Waals surface area (Å²) in [6, 6.07) is -0.992. The lowest BCUT2D eigenvalue weighted by atomic mass is 10.0. The Bertz CT molecular complexity index is 782. The Labute approximate surface area is 304 Å². The highest BCUT2D eigenvalue weighted by molar-refractivity contribution is 5.88. The van der Waals surface area contributed by atoms with Gasteiger partial charge in [0, 0.05) is 12.0 Å². The largest absolute Gasteiger partial charge is 0.464 e. The van der Waals surface area contributed by atoms with E-state index in [1.165, 1.54) is 161 Å². The first-order valence-corrected chi connectivity index (χ1v) is 21.2. The highest BCUT2D eigenvalue weighted by Crippen LogP contribution is 2.15. The van der Waals surface area contributed by atoms with Gasteiger partial charge in [-0.25, -0.2) is 9.59 Å². The number of hydrogen-bond acceptors (Lipinski definition) is 5. The molecule has 6 heteroatoms. The number of esters is 2. The SMILES string of the molecule is C=C(C)C(=O)OCC(NC(=O)CCCCCCCCCCCCCCCCC)C(=O)OCCCCCCCCCCCCCCCCCC. The van der Waals surface area contributed by atoms with E-state index in [1.54, 1.807) is 6.92 Å². The quantitative estimate of drug-likeness (QED) is 0.0396. The molecule has 0 bridgehead atoms. The maximum atomic E-state index is 12.8. The van der Waals surface area contributed by atoms with Crippen LogP contribution in [0.4, 0.5) is 0 Å². The van der Waals surface area contributed by atoms with Crippen molar-refractivity contribution in [2.24, 2.45) is 0 Å². The van der Waals surface area contributed by atoms with Crippen molar-refractivity contribution in [2.75, 3.05) is 13.2 Å². The van der Waals surface area contributed by atoms with E-state index < -0.39 is 18.0 Å². The van der Waals surface area contributed by atoms with Crippen molar-refractivity contribution in [2.45, 2.75) is 232 Å². The van der Waals surface area contributed by atoms with Gasteiger partial charge in [0.15, 0.2) is 6.04 Å². The number of carbonyl (C=O) groups excluding carboxylic acids is 3. The minimum absolute atomic E-state index is 0.203. The van der Waals surface area contributed by atoms with Crippen molar-refractivity contribution in [3.63, 3.8) is 0 Å². The third kappa shape index (κ3) is 34.4. The van der Waals surface area contributed by atoms with Gasteiger partial charge in [0.25, 0.3) is 0 Å². The summed E-state index contributed by atoms with van der Waals surface area (Å²) in [5, 5.41) is 2.75. The Balaban J connectivity index is 3.97. The van der Waals surface area contributed by atoms with Crippen LogP contribution >= 0.6 is 0 Å². The highest BCUT2D eigenvalue weighted by atomic mass is 16.6. The van der Waals surface area contributed by atoms with Crippen LogP contribution in [0.5, 0.6) is 0 Å². The van der Waals surface area contributed by atoms with E-state index in [9.17, 15) is 14.4 Å². The zero-order valence-electron chi connectivity index (χ0n) is 32.9. The molecule has 0 aliphatic heterocycles. The predicted molar refractivity (Wildman–Crippen MR) is 208 cm³/mol. The monoisotopic (exact) mass is 692 g/mol. The second-order valence-corrected chi connectivity index (χ2v) is 14.7. The van der Waals surface area contributed by atoms with Gasteiger partial charge in [0.1, 0.15) is 6.61 Å². The molecule has 0 aromatic carbocycles. The molecule has 0 aromatic heterocycles. The van der Waals surface area contributed by atoms with Gasteiger partial charge < -0.3 is 14.8 Å². The van der Waals surface area contributed by atoms with Crippen LogP contribution in [0.15, 0.2) is 12.2 Å². The van der Waals surface area contributed by atoms with Gasteiger partial charge in [-0.3, -0.25) is 4.79 Å². The molecule has 0 radical (unpaired) electrons. The van der Waals surface area contributed by atoms with Crippen molar-refractivity contribution in [3.05, 3.63) is 12.2 Å². The van der Waals surface area contributed by atoms with E-state index >= 15 is 0 Å². The molecule has 0 heterocycles. The maximum absolute atomic E-state index is 12.8. The average Bonchev–Trinajstić information content (AvgIpc) is 3.09. The fraction of sp³-hybridized carbons (Fsp3) is 0.884. The standard InChI is InChI=1S/C43H81NO5/c1-5-7-9-11-13-15-17-19-21-23-25-27-29-31-33-35-37-48-43(47)40(38-49-42(46)39(3)4)44-41(45)36-34-32-30-28-26-24-22-20-18-16-14-12-10-8-6-2/h40H,3,5-38H2,1-2,4H3,(H,44,45). The van der Waals surface area contributed by atoms with Gasteiger partial charge in [0.05, 0.1) is 6.61 Å². The molecule has 1 atom stereocenters. The molecule has 0 aromatic rings. The molecule has 0 saturated carbocycles. The second kappa shape index (κ2) is 37.4. The lowest BCUT2D eigenvalue weighted by Gasteiger charge is -2.18. The molecule has 288 valence electrons. The lowest BCUT2D eigenvalue weighted by Crippen LogP contribution is -2.45. The van der Waals surface area contributed by atoms with E-state index in [0.29, 0.717) is 13.0 Å². The number of ether oxygens (including phenoxy) is 2. The van der Waals surface area contributed by atoms with Gasteiger partial charge >= 0.3 is 11.9 Å². The first-order valence-electron chi connectivity index (χ1n) is 21.2. The zero-order chi connectivity index (χ0) is 36.0. The summed E-state index contributed by atoms with van der Waals surface area (Å²) < 4.78 is 10.7. The summed E-state index contributed by atoms with van der Waals surface area (Å²) in [7, 11) is 0. The van der Waals surface area contributed by atoms with Gasteiger partial charge in [-0.05, 0) is 19.8 Å². The topological polar surface area (TPSA) is 81.7 Å². The molecular weight excluding hydrogens is 610 g/mol. The summed E-state index contributed by atoms with van der Waals surface area (Å²) in [4.78, 5) is 37.3. The molecule has 0 fully saturated rings. The Morgan fingerprint density at radius 3 is 1.16 bits per heavy atom. The van der Waals surface area contributed by atoms with Crippen LogP contribution in [-0.2, 0) is 23.9 Å². The van der Waals surface area contributed by atoms with E-state index in [4.69, 9.17) is 9.47 Å². The molecule has 0 aliphatic rings. The number of carbonyl (C=O) groups is 3. The van der Waals surface area contributed by atoms with Crippen LogP contribution in [0.3, 0.4) is 0 Å². The Hall–Kier alpha value is -1.85. The summed E-state index contributed by atoms with van der Waals surface area (Å²) >= 11 is 0. The molecule has 0 spiro atoms. The third-order valence-corrected chi connectivity index (χ3v) is 9.60. The fourth-order valence-electron chi connectivity index (χ4n) is 6.30. The number of nitrogens with one attached hydrogen (secondary N) is 1. The smallest absolute Gasteiger partial charge is 0.333 e. The first-order chi connectivity index (χ1) is 23.9. The highest BCUT2D eigenvalue weighted by Gasteiger charge is 2.24. The van der Waals surface area contributed by atoms with Crippen molar-refractivity contribution in [3.8, 4) is 0 Å². The Kier molecular flexibility index (Phi) is 36.0. The van der Waals surface area contributed by atoms with Crippen molar-refractivity contribution < 1.29 is 23.9 Å². The summed E-state index contributed by atoms with van der Waals surface area (Å²) in [5.41, 5.74) is 0.254. The van der Waals surface area contributed by atoms with Crippen molar-refractivity contribution in [1.82, 2.24) is 5.32 Å². The minimum atomic E-state index is -0.992. The van der Waals surface area contributed by atoms with Crippen LogP contribution in [-0.4, -0.2) is 37.1 Å². The van der Waals surface area contributed by atoms with Crippen molar-refractivity contribution >= 4 is 17.8 Å². The van der Waals surface area contributed by atoms with Gasteiger partial charge in [-0.15, -0.1) is 0 Å². The molecule has 1 unspecified atom stereocenters. The van der Waals surface area contributed by atoms with Crippen molar-refractivity contribution in [1.29, 1.82) is 0 Å². The first kappa shape index (κ1) is 47.1. The third-order valence-electron chi connectivity index (χ3n) is 9.60. The molecule has 1 amide bonds. The summed E-state index contributed by atoms with van der Waals surface area (Å²) in [6.07, 6.45) is 40.0. The van der Waals surface area contributed by atoms with Gasteiger partial charge in [-0.1, -0.05) is 207 Å². The molecule has 6 nitrogen and oxygen atoms in total. The number of rotatable bonds is 38. The molecule has 1 N–H and O–H groups in total. The Morgan fingerprint density at radius 1 is 0.490 bits per heavy atom. The van der Waals surface area contributed by atoms with E-state index in [0.717, 1.165) is 38.5 Å². The van der Waals surface area contributed by atoms with Crippen LogP contribution in [0.2, 0.25) is 0 Å². The van der Waals surface area contributed by atoms with Crippen LogP contribution in [0.25, 0.3) is 0 Å². The van der Waals surface area contributed by atoms with Crippen LogP contribution in [0.1, 0.15) is 226 Å². The Morgan fingerprint density at radius 2 is 0.816 bits per heavy atom. The molecular formula is C43H81NO5. The van der Waals surface area contributed by atoms with Crippen LogP contribution in [0, 0.1) is 0 Å². The fourth-order valence-corrected chi connectivity index (χ4v) is 6.30. The van der Waals surface area contributed by atoms with E-state index in [2.05, 4.69) is 25.7 Å². The van der Waals surface area contributed by atoms with Crippen LogP contribution < -0.4 is 5.32 Å². The zero-order valence-corrected chi connectivity index (χ0v) is 32.9. The normalized spacial score (nSPS) is 11.7. The predicted octanol–water partition coefficient (Wildman–Crippen LogP) is 12.7. The summed E-state index contributed by atoms with van der Waals surface area (Å²) in [5.74, 6) is -1.32. The number of hydrogen-bond donors (Lipinski definition) is 1. The molecule has 0 aliphatic carbocycles. The second-order valence-electron chi connectivity index (χ2n) is 14.7. The number of unbranched alkanes of at least 4 members (excludes halogenated alkanes) is 29. The molecule has 0 rings (SSSR count). The summed E-state index contributed by atoms with van der Waals surface area (Å²) in [6.45, 7) is 9.76. The van der Waals surface area contributed by atoms with Gasteiger partial charge in [-0.2, -0.15) is 0 Å². The molecule has 49 heavy (non-hydrogen) atoms. The number of amides is 1. The van der Waals surface area contributed by atoms with E-state index in [-0.39, 0.29) is 18.1 Å². The lowest BCUT2D eigenvalue weighted by molar-refractivity contribution is -0.152. The molecule has 0 saturated heterocycles. The van der Waals surface area contributed by atoms with E-state index in [1.807, 2.05) is 0 Å². The minimum Gasteiger partial charge on any atom is -0.464 e. The van der Waals surface area contributed by atoms with Gasteiger partial charge in [0.2, 0.25) is 5.91 Å². The maximum Gasteiger partial charge on any atom is 0.333 e. The average molecular weight is 692 g/mol.